The van der Waals surface area contributed by atoms with E-state index in [1.807, 2.05) is 0 Å². The Labute approximate surface area is 94.5 Å². The molecular weight excluding hydrogens is 209 g/mol. The molecule has 1 rings (SSSR count). The third kappa shape index (κ3) is 2.58. The molecule has 0 radical (unpaired) electrons. The quantitative estimate of drug-likeness (QED) is 0.845. The average Bonchev–Trinajstić information content (AvgIpc) is 2.29. The molecule has 16 heavy (non-hydrogen) atoms. The maximum Gasteiger partial charge on any atom is 0.256 e. The fraction of sp³-hybridized carbons (Fsp3) is 0.417. The molecule has 0 aliphatic carbocycles. The second kappa shape index (κ2) is 5.61. The Balaban J connectivity index is 2.99. The summed E-state index contributed by atoms with van der Waals surface area (Å²) in [6.45, 7) is 3.97. The molecule has 0 bridgehead atoms. The second-order valence-corrected chi connectivity index (χ2v) is 3.54. The number of halogens is 1. The summed E-state index contributed by atoms with van der Waals surface area (Å²) in [5.41, 5.74) is 0.515. The zero-order valence-electron chi connectivity index (χ0n) is 9.53. The van der Waals surface area contributed by atoms with Crippen molar-refractivity contribution in [2.75, 3.05) is 19.7 Å². The monoisotopic (exact) mass is 225 g/mol. The van der Waals surface area contributed by atoms with Gasteiger partial charge in [-0.3, -0.25) is 4.79 Å². The van der Waals surface area contributed by atoms with Crippen LogP contribution in [0.3, 0.4) is 0 Å². The number of amides is 1. The summed E-state index contributed by atoms with van der Waals surface area (Å²) in [4.78, 5) is 13.3. The van der Waals surface area contributed by atoms with E-state index in [1.54, 1.807) is 26.0 Å². The predicted molar refractivity (Wildman–Crippen MR) is 59.8 cm³/mol. The van der Waals surface area contributed by atoms with Crippen molar-refractivity contribution in [2.45, 2.75) is 13.8 Å². The van der Waals surface area contributed by atoms with Gasteiger partial charge in [0.05, 0.1) is 12.2 Å². The lowest BCUT2D eigenvalue weighted by Gasteiger charge is -2.20. The number of aliphatic hydroxyl groups is 1. The smallest absolute Gasteiger partial charge is 0.256 e. The standard InChI is InChI=1S/C12H16FNO2/c1-3-14(7-8-15)12(16)10-6-4-5-9(2)11(10)13/h4-6,15H,3,7-8H2,1-2H3. The SMILES string of the molecule is CCN(CCO)C(=O)c1cccc(C)c1F. The minimum atomic E-state index is -0.483. The van der Waals surface area contributed by atoms with Crippen LogP contribution in [-0.2, 0) is 0 Å². The van der Waals surface area contributed by atoms with Crippen molar-refractivity contribution in [1.29, 1.82) is 0 Å². The van der Waals surface area contributed by atoms with E-state index in [4.69, 9.17) is 5.11 Å². The number of hydrogen-bond acceptors (Lipinski definition) is 2. The van der Waals surface area contributed by atoms with Gasteiger partial charge in [-0.1, -0.05) is 12.1 Å². The third-order valence-electron chi connectivity index (χ3n) is 2.46. The lowest BCUT2D eigenvalue weighted by Crippen LogP contribution is -2.34. The molecule has 3 nitrogen and oxygen atoms in total. The molecule has 4 heteroatoms. The minimum Gasteiger partial charge on any atom is -0.395 e. The topological polar surface area (TPSA) is 40.5 Å². The van der Waals surface area contributed by atoms with Gasteiger partial charge in [0.1, 0.15) is 5.82 Å². The number of carbonyl (C=O) groups is 1. The summed E-state index contributed by atoms with van der Waals surface area (Å²) in [6, 6.07) is 4.73. The van der Waals surface area contributed by atoms with Crippen LogP contribution in [0, 0.1) is 12.7 Å². The lowest BCUT2D eigenvalue weighted by molar-refractivity contribution is 0.0727. The fourth-order valence-electron chi connectivity index (χ4n) is 1.51. The van der Waals surface area contributed by atoms with Crippen molar-refractivity contribution in [1.82, 2.24) is 4.90 Å². The van der Waals surface area contributed by atoms with Gasteiger partial charge in [0.2, 0.25) is 0 Å². The number of likely N-dealkylation sites (N-methyl/N-ethyl adjacent to an activating group) is 1. The maximum absolute atomic E-state index is 13.7. The minimum absolute atomic E-state index is 0.0651. The van der Waals surface area contributed by atoms with Gasteiger partial charge >= 0.3 is 0 Å². The summed E-state index contributed by atoms with van der Waals surface area (Å²) in [5.74, 6) is -0.860. The summed E-state index contributed by atoms with van der Waals surface area (Å²) < 4.78 is 13.7. The van der Waals surface area contributed by atoms with Crippen molar-refractivity contribution < 1.29 is 14.3 Å². The van der Waals surface area contributed by atoms with E-state index in [1.165, 1.54) is 11.0 Å². The van der Waals surface area contributed by atoms with Gasteiger partial charge in [0, 0.05) is 13.1 Å². The number of rotatable bonds is 4. The number of nitrogens with zero attached hydrogens (tertiary/aromatic N) is 1. The maximum atomic E-state index is 13.7. The molecule has 0 atom stereocenters. The first-order valence-electron chi connectivity index (χ1n) is 5.27. The van der Waals surface area contributed by atoms with Gasteiger partial charge in [-0.25, -0.2) is 4.39 Å². The van der Waals surface area contributed by atoms with Crippen LogP contribution in [0.25, 0.3) is 0 Å². The van der Waals surface area contributed by atoms with Gasteiger partial charge in [-0.05, 0) is 25.5 Å². The highest BCUT2D eigenvalue weighted by atomic mass is 19.1. The van der Waals surface area contributed by atoms with Gasteiger partial charge in [-0.15, -0.1) is 0 Å². The van der Waals surface area contributed by atoms with Crippen molar-refractivity contribution in [3.63, 3.8) is 0 Å². The van der Waals surface area contributed by atoms with Crippen LogP contribution >= 0.6 is 0 Å². The Kier molecular flexibility index (Phi) is 4.43. The number of carbonyl (C=O) groups excluding carboxylic acids is 1. The Hall–Kier alpha value is -1.42. The molecule has 0 heterocycles. The van der Waals surface area contributed by atoms with E-state index < -0.39 is 5.82 Å². The highest BCUT2D eigenvalue weighted by Gasteiger charge is 2.18. The van der Waals surface area contributed by atoms with Gasteiger partial charge < -0.3 is 10.0 Å². The van der Waals surface area contributed by atoms with E-state index in [0.29, 0.717) is 12.1 Å². The molecule has 1 amide bonds. The summed E-state index contributed by atoms with van der Waals surface area (Å²) >= 11 is 0. The number of hydrogen-bond donors (Lipinski definition) is 1. The normalized spacial score (nSPS) is 10.2. The number of aryl methyl sites for hydroxylation is 1. The van der Waals surface area contributed by atoms with Crippen LogP contribution < -0.4 is 0 Å². The van der Waals surface area contributed by atoms with Crippen LogP contribution in [0.4, 0.5) is 4.39 Å². The first-order chi connectivity index (χ1) is 7.61. The van der Waals surface area contributed by atoms with E-state index >= 15 is 0 Å². The first-order valence-corrected chi connectivity index (χ1v) is 5.27. The molecule has 0 spiro atoms. The van der Waals surface area contributed by atoms with Crippen LogP contribution in [0.2, 0.25) is 0 Å². The molecule has 0 saturated carbocycles. The molecule has 0 aliphatic heterocycles. The molecule has 88 valence electrons. The largest absolute Gasteiger partial charge is 0.395 e. The van der Waals surface area contributed by atoms with E-state index in [9.17, 15) is 9.18 Å². The third-order valence-corrected chi connectivity index (χ3v) is 2.46. The molecule has 0 unspecified atom stereocenters. The Morgan fingerprint density at radius 1 is 1.50 bits per heavy atom. The van der Waals surface area contributed by atoms with Crippen LogP contribution in [0.1, 0.15) is 22.8 Å². The zero-order chi connectivity index (χ0) is 12.1. The molecule has 0 saturated heterocycles. The average molecular weight is 225 g/mol. The fourth-order valence-corrected chi connectivity index (χ4v) is 1.51. The summed E-state index contributed by atoms with van der Waals surface area (Å²) in [7, 11) is 0. The first kappa shape index (κ1) is 12.6. The van der Waals surface area contributed by atoms with Gasteiger partial charge in [-0.2, -0.15) is 0 Å². The van der Waals surface area contributed by atoms with Crippen LogP contribution in [-0.4, -0.2) is 35.6 Å². The van der Waals surface area contributed by atoms with E-state index in [0.717, 1.165) is 0 Å². The van der Waals surface area contributed by atoms with E-state index in [-0.39, 0.29) is 24.6 Å². The second-order valence-electron chi connectivity index (χ2n) is 3.54. The zero-order valence-corrected chi connectivity index (χ0v) is 9.53. The summed E-state index contributed by atoms with van der Waals surface area (Å²) in [6.07, 6.45) is 0. The molecular formula is C12H16FNO2. The van der Waals surface area contributed by atoms with Crippen LogP contribution in [0.5, 0.6) is 0 Å². The summed E-state index contributed by atoms with van der Waals surface area (Å²) in [5, 5.41) is 8.80. The molecule has 1 aromatic rings. The predicted octanol–water partition coefficient (Wildman–Crippen LogP) is 1.59. The van der Waals surface area contributed by atoms with Gasteiger partial charge in [0.15, 0.2) is 0 Å². The highest BCUT2D eigenvalue weighted by Crippen LogP contribution is 2.14. The van der Waals surface area contributed by atoms with E-state index in [2.05, 4.69) is 0 Å². The van der Waals surface area contributed by atoms with Crippen molar-refractivity contribution in [3.05, 3.63) is 35.1 Å². The number of aliphatic hydroxyl groups excluding tert-OH is 1. The Bertz CT molecular complexity index is 379. The molecule has 0 aromatic heterocycles. The lowest BCUT2D eigenvalue weighted by atomic mass is 10.1. The van der Waals surface area contributed by atoms with Gasteiger partial charge in [0.25, 0.3) is 5.91 Å². The Morgan fingerprint density at radius 3 is 2.75 bits per heavy atom. The van der Waals surface area contributed by atoms with Crippen molar-refractivity contribution in [2.24, 2.45) is 0 Å². The van der Waals surface area contributed by atoms with Crippen molar-refractivity contribution >= 4 is 5.91 Å². The molecule has 1 aromatic carbocycles. The number of benzene rings is 1. The Morgan fingerprint density at radius 2 is 2.19 bits per heavy atom. The molecule has 1 N–H and O–H groups in total. The highest BCUT2D eigenvalue weighted by molar-refractivity contribution is 5.94. The molecule has 0 fully saturated rings. The van der Waals surface area contributed by atoms with Crippen molar-refractivity contribution in [3.8, 4) is 0 Å². The molecule has 0 aliphatic rings. The van der Waals surface area contributed by atoms with Crippen LogP contribution in [0.15, 0.2) is 18.2 Å².